The van der Waals surface area contributed by atoms with Gasteiger partial charge in [0.15, 0.2) is 10.1 Å². The Morgan fingerprint density at radius 3 is 2.79 bits per heavy atom. The number of hydrogen-bond acceptors (Lipinski definition) is 9. The number of hydrogen-bond donors (Lipinski definition) is 2. The van der Waals surface area contributed by atoms with Crippen molar-refractivity contribution in [1.29, 1.82) is 5.26 Å². The highest BCUT2D eigenvalue weighted by Crippen LogP contribution is 2.47. The lowest BCUT2D eigenvalue weighted by Crippen LogP contribution is -2.38. The molecule has 2 aromatic carbocycles. The second-order valence-corrected chi connectivity index (χ2v) is 12.0. The van der Waals surface area contributed by atoms with E-state index < -0.39 is 5.92 Å². The zero-order chi connectivity index (χ0) is 27.7. The molecule has 5 rings (SSSR count). The van der Waals surface area contributed by atoms with Crippen LogP contribution in [0, 0.1) is 25.2 Å². The molecule has 0 bridgehead atoms. The van der Waals surface area contributed by atoms with Crippen molar-refractivity contribution in [3.63, 3.8) is 0 Å². The summed E-state index contributed by atoms with van der Waals surface area (Å²) in [6.45, 7) is 4.02. The Morgan fingerprint density at radius 2 is 2.05 bits per heavy atom. The van der Waals surface area contributed by atoms with Crippen molar-refractivity contribution in [2.24, 2.45) is 5.73 Å². The van der Waals surface area contributed by atoms with Crippen LogP contribution in [0.1, 0.15) is 41.9 Å². The van der Waals surface area contributed by atoms with E-state index in [0.717, 1.165) is 28.1 Å². The van der Waals surface area contributed by atoms with E-state index in [-0.39, 0.29) is 28.8 Å². The van der Waals surface area contributed by atoms with Crippen LogP contribution in [0.25, 0.3) is 0 Å². The zero-order valence-corrected chi connectivity index (χ0v) is 23.7. The number of allylic oxidation sites excluding steroid dienone is 3. The van der Waals surface area contributed by atoms with Gasteiger partial charge in [0.1, 0.15) is 5.82 Å². The standard InChI is InChI=1S/C28H25ClN6O2S2/c1-15-9-10-19(11-16(15)2)32-23(37)14-38-28-34-33-27(39-28)35-21-7-4-8-22(36)25(21)24(20(13-30)26(35)31)17-5-3-6-18(29)12-17/h3,5-6,9-12,24H,4,7-8,14,31H2,1-2H3,(H,32,37). The number of aromatic nitrogens is 2. The molecule has 1 aliphatic carbocycles. The molecule has 0 saturated carbocycles. The fourth-order valence-electron chi connectivity index (χ4n) is 4.82. The van der Waals surface area contributed by atoms with E-state index in [0.29, 0.717) is 39.3 Å². The van der Waals surface area contributed by atoms with Crippen LogP contribution in [0.5, 0.6) is 0 Å². The first-order chi connectivity index (χ1) is 18.8. The predicted molar refractivity (Wildman–Crippen MR) is 155 cm³/mol. The minimum absolute atomic E-state index is 0.0198. The third-order valence-corrected chi connectivity index (χ3v) is 9.08. The first-order valence-electron chi connectivity index (χ1n) is 12.3. The van der Waals surface area contributed by atoms with Crippen LogP contribution in [0.4, 0.5) is 10.8 Å². The van der Waals surface area contributed by atoms with Crippen molar-refractivity contribution in [1.82, 2.24) is 10.2 Å². The molecule has 1 aromatic heterocycles. The second-order valence-electron chi connectivity index (χ2n) is 9.36. The Bertz CT molecular complexity index is 1590. The van der Waals surface area contributed by atoms with Gasteiger partial charge in [-0.15, -0.1) is 10.2 Å². The van der Waals surface area contributed by atoms with Crippen LogP contribution in [0.15, 0.2) is 69.5 Å². The molecule has 0 radical (unpaired) electrons. The highest BCUT2D eigenvalue weighted by molar-refractivity contribution is 8.01. The molecule has 198 valence electrons. The first-order valence-corrected chi connectivity index (χ1v) is 14.5. The van der Waals surface area contributed by atoms with Crippen LogP contribution in [0.3, 0.4) is 0 Å². The Kier molecular flexibility index (Phi) is 7.75. The number of nitrogens with two attached hydrogens (primary N) is 1. The van der Waals surface area contributed by atoms with E-state index in [4.69, 9.17) is 17.3 Å². The predicted octanol–water partition coefficient (Wildman–Crippen LogP) is 5.84. The minimum atomic E-state index is -0.594. The van der Waals surface area contributed by atoms with Gasteiger partial charge >= 0.3 is 0 Å². The molecule has 3 N–H and O–H groups in total. The molecular weight excluding hydrogens is 552 g/mol. The zero-order valence-electron chi connectivity index (χ0n) is 21.3. The molecule has 1 aliphatic heterocycles. The molecular formula is C28H25ClN6O2S2. The molecule has 0 saturated heterocycles. The van der Waals surface area contributed by atoms with Gasteiger partial charge < -0.3 is 11.1 Å². The van der Waals surface area contributed by atoms with Crippen LogP contribution in [-0.2, 0) is 9.59 Å². The monoisotopic (exact) mass is 576 g/mol. The number of ketones is 1. The molecule has 2 heterocycles. The number of nitriles is 1. The maximum absolute atomic E-state index is 13.2. The number of Topliss-reactive ketones (excluding diaryl/α,β-unsaturated/α-hetero) is 1. The maximum atomic E-state index is 13.2. The average molecular weight is 577 g/mol. The van der Waals surface area contributed by atoms with E-state index in [9.17, 15) is 14.9 Å². The van der Waals surface area contributed by atoms with Crippen molar-refractivity contribution in [2.75, 3.05) is 16.0 Å². The minimum Gasteiger partial charge on any atom is -0.384 e. The van der Waals surface area contributed by atoms with Crippen molar-refractivity contribution >= 4 is 57.2 Å². The summed E-state index contributed by atoms with van der Waals surface area (Å²) < 4.78 is 0.577. The van der Waals surface area contributed by atoms with Gasteiger partial charge in [0.2, 0.25) is 11.0 Å². The quantitative estimate of drug-likeness (QED) is 0.350. The molecule has 3 aromatic rings. The summed E-state index contributed by atoms with van der Waals surface area (Å²) in [6, 6.07) is 15.2. The summed E-state index contributed by atoms with van der Waals surface area (Å²) in [6.07, 6.45) is 1.68. The van der Waals surface area contributed by atoms with E-state index in [1.54, 1.807) is 23.1 Å². The third-order valence-electron chi connectivity index (χ3n) is 6.80. The SMILES string of the molecule is Cc1ccc(NC(=O)CSc2nnc(N3C(N)=C(C#N)C(c4cccc(Cl)c4)C4=C3CCCC4=O)s2)cc1C. The lowest BCUT2D eigenvalue weighted by Gasteiger charge is -2.38. The average Bonchev–Trinajstić information content (AvgIpc) is 3.37. The topological polar surface area (TPSA) is 125 Å². The van der Waals surface area contributed by atoms with E-state index in [1.165, 1.54) is 23.1 Å². The van der Waals surface area contributed by atoms with E-state index >= 15 is 0 Å². The first kappa shape index (κ1) is 26.9. The van der Waals surface area contributed by atoms with Crippen LogP contribution < -0.4 is 16.0 Å². The highest BCUT2D eigenvalue weighted by Gasteiger charge is 2.41. The Hall–Kier alpha value is -3.65. The van der Waals surface area contributed by atoms with E-state index in [2.05, 4.69) is 21.6 Å². The number of amides is 1. The molecule has 1 unspecified atom stereocenters. The van der Waals surface area contributed by atoms with Gasteiger partial charge in [-0.2, -0.15) is 5.26 Å². The number of carbonyl (C=O) groups is 2. The lowest BCUT2D eigenvalue weighted by molar-refractivity contribution is -0.116. The molecule has 8 nitrogen and oxygen atoms in total. The summed E-state index contributed by atoms with van der Waals surface area (Å²) in [5.74, 6) is -0.399. The number of aryl methyl sites for hydroxylation is 2. The Morgan fingerprint density at radius 1 is 1.23 bits per heavy atom. The molecule has 2 aliphatic rings. The van der Waals surface area contributed by atoms with Crippen LogP contribution >= 0.6 is 34.7 Å². The molecule has 1 amide bonds. The molecule has 0 spiro atoms. The number of halogens is 1. The molecule has 11 heteroatoms. The normalized spacial score (nSPS) is 17.2. The molecule has 0 fully saturated rings. The van der Waals surface area contributed by atoms with Crippen molar-refractivity contribution in [3.05, 3.63) is 86.8 Å². The molecule has 39 heavy (non-hydrogen) atoms. The van der Waals surface area contributed by atoms with Crippen molar-refractivity contribution in [3.8, 4) is 6.07 Å². The summed E-state index contributed by atoms with van der Waals surface area (Å²) in [4.78, 5) is 27.5. The third kappa shape index (κ3) is 5.43. The van der Waals surface area contributed by atoms with Crippen molar-refractivity contribution < 1.29 is 9.59 Å². The number of nitrogens with zero attached hydrogens (tertiary/aromatic N) is 4. The smallest absolute Gasteiger partial charge is 0.234 e. The van der Waals surface area contributed by atoms with Gasteiger partial charge in [-0.25, -0.2) is 0 Å². The fraction of sp³-hybridized carbons (Fsp3) is 0.250. The van der Waals surface area contributed by atoms with Gasteiger partial charge in [-0.05, 0) is 67.6 Å². The fourth-order valence-corrected chi connectivity index (χ4v) is 6.70. The number of nitrogens with one attached hydrogen (secondary N) is 1. The number of rotatable bonds is 6. The summed E-state index contributed by atoms with van der Waals surface area (Å²) in [5.41, 5.74) is 11.9. The second kappa shape index (κ2) is 11.2. The van der Waals surface area contributed by atoms with Gasteiger partial charge in [-0.1, -0.05) is 52.9 Å². The number of thioether (sulfide) groups is 1. The summed E-state index contributed by atoms with van der Waals surface area (Å²) in [5, 5.41) is 22.6. The largest absolute Gasteiger partial charge is 0.384 e. The Labute approximate surface area is 239 Å². The number of anilines is 2. The summed E-state index contributed by atoms with van der Waals surface area (Å²) in [7, 11) is 0. The number of carbonyl (C=O) groups excluding carboxylic acids is 2. The van der Waals surface area contributed by atoms with Gasteiger partial charge in [0, 0.05) is 28.4 Å². The summed E-state index contributed by atoms with van der Waals surface area (Å²) >= 11 is 8.78. The number of benzene rings is 2. The Balaban J connectivity index is 1.41. The van der Waals surface area contributed by atoms with Crippen LogP contribution in [-0.4, -0.2) is 27.6 Å². The van der Waals surface area contributed by atoms with Gasteiger partial charge in [0.25, 0.3) is 0 Å². The lowest BCUT2D eigenvalue weighted by atomic mass is 9.76. The van der Waals surface area contributed by atoms with Gasteiger partial charge in [-0.3, -0.25) is 14.5 Å². The van der Waals surface area contributed by atoms with Gasteiger partial charge in [0.05, 0.1) is 23.3 Å². The van der Waals surface area contributed by atoms with E-state index in [1.807, 2.05) is 38.1 Å². The van der Waals surface area contributed by atoms with Crippen LogP contribution in [0.2, 0.25) is 5.02 Å². The highest BCUT2D eigenvalue weighted by atomic mass is 35.5. The maximum Gasteiger partial charge on any atom is 0.234 e. The molecule has 1 atom stereocenters. The van der Waals surface area contributed by atoms with Crippen molar-refractivity contribution in [2.45, 2.75) is 43.4 Å².